The number of hydrogen-bond acceptors (Lipinski definition) is 6. The Morgan fingerprint density at radius 3 is 2.93 bits per heavy atom. The van der Waals surface area contributed by atoms with Crippen LogP contribution < -0.4 is 10.2 Å². The Morgan fingerprint density at radius 2 is 2.13 bits per heavy atom. The van der Waals surface area contributed by atoms with Crippen LogP contribution in [0.1, 0.15) is 17.0 Å². The predicted molar refractivity (Wildman–Crippen MR) is 123 cm³/mol. The van der Waals surface area contributed by atoms with E-state index in [2.05, 4.69) is 29.2 Å². The molecule has 5 rings (SSSR count). The molecule has 2 aromatic carbocycles. The fraction of sp³-hybridized carbons (Fsp3) is 0.273. The average molecular weight is 441 g/mol. The number of thiazole rings is 1. The maximum absolute atomic E-state index is 12.7. The summed E-state index contributed by atoms with van der Waals surface area (Å²) < 4.78 is 6.70. The number of amides is 1. The van der Waals surface area contributed by atoms with Crippen LogP contribution in [0.15, 0.2) is 46.9 Å². The fourth-order valence-corrected chi connectivity index (χ4v) is 5.00. The minimum absolute atomic E-state index is 0.254. The van der Waals surface area contributed by atoms with E-state index >= 15 is 0 Å². The molecule has 1 unspecified atom stereocenters. The number of aromatic nitrogens is 1. The zero-order valence-electron chi connectivity index (χ0n) is 16.7. The molecule has 1 atom stereocenters. The first-order chi connectivity index (χ1) is 14.5. The number of hydrogen-bond donors (Lipinski definition) is 1. The summed E-state index contributed by atoms with van der Waals surface area (Å²) in [4.78, 5) is 22.1. The van der Waals surface area contributed by atoms with E-state index in [1.807, 2.05) is 18.2 Å². The molecule has 1 saturated heterocycles. The van der Waals surface area contributed by atoms with Crippen LogP contribution in [0.5, 0.6) is 0 Å². The second kappa shape index (κ2) is 7.58. The largest absolute Gasteiger partial charge is 0.451 e. The van der Waals surface area contributed by atoms with Gasteiger partial charge in [-0.15, -0.1) is 0 Å². The minimum atomic E-state index is -0.292. The summed E-state index contributed by atoms with van der Waals surface area (Å²) in [5.74, 6) is -0.0380. The number of carbonyl (C=O) groups excluding carboxylic acids is 1. The van der Waals surface area contributed by atoms with Crippen molar-refractivity contribution in [2.45, 2.75) is 12.5 Å². The number of benzene rings is 2. The van der Waals surface area contributed by atoms with E-state index in [-0.39, 0.29) is 11.7 Å². The number of rotatable bonds is 4. The molecule has 3 heterocycles. The number of furan rings is 1. The number of nitrogens with zero attached hydrogens (tertiary/aromatic N) is 3. The molecule has 0 saturated carbocycles. The van der Waals surface area contributed by atoms with Crippen molar-refractivity contribution in [1.82, 2.24) is 9.88 Å². The second-order valence-electron chi connectivity index (χ2n) is 7.78. The first-order valence-corrected chi connectivity index (χ1v) is 11.0. The third kappa shape index (κ3) is 3.64. The second-order valence-corrected chi connectivity index (χ2v) is 9.22. The highest BCUT2D eigenvalue weighted by Crippen LogP contribution is 2.33. The topological polar surface area (TPSA) is 61.6 Å². The molecule has 1 fully saturated rings. The lowest BCUT2D eigenvalue weighted by atomic mass is 10.2. The van der Waals surface area contributed by atoms with Gasteiger partial charge in [-0.3, -0.25) is 4.79 Å². The lowest BCUT2D eigenvalue weighted by Crippen LogP contribution is -2.31. The zero-order chi connectivity index (χ0) is 20.8. The van der Waals surface area contributed by atoms with E-state index < -0.39 is 0 Å². The molecule has 6 nitrogen and oxygen atoms in total. The van der Waals surface area contributed by atoms with Crippen molar-refractivity contribution in [3.05, 3.63) is 53.2 Å². The van der Waals surface area contributed by atoms with Gasteiger partial charge in [0.05, 0.1) is 10.2 Å². The Labute approximate surface area is 183 Å². The van der Waals surface area contributed by atoms with Gasteiger partial charge in [0, 0.05) is 35.2 Å². The molecule has 0 spiro atoms. The van der Waals surface area contributed by atoms with E-state index in [9.17, 15) is 4.79 Å². The van der Waals surface area contributed by atoms with Crippen LogP contribution in [0.3, 0.4) is 0 Å². The number of carbonyl (C=O) groups is 1. The summed E-state index contributed by atoms with van der Waals surface area (Å²) in [5, 5.41) is 5.36. The van der Waals surface area contributed by atoms with Crippen LogP contribution in [0, 0.1) is 0 Å². The summed E-state index contributed by atoms with van der Waals surface area (Å²) in [5.41, 5.74) is 2.29. The van der Waals surface area contributed by atoms with Gasteiger partial charge in [-0.2, -0.15) is 0 Å². The number of halogens is 1. The van der Waals surface area contributed by atoms with Crippen molar-refractivity contribution in [2.75, 3.05) is 37.4 Å². The van der Waals surface area contributed by atoms with Crippen LogP contribution in [0.25, 0.3) is 21.2 Å². The first kappa shape index (κ1) is 19.4. The quantitative estimate of drug-likeness (QED) is 0.479. The molecule has 1 amide bonds. The molecule has 154 valence electrons. The van der Waals surface area contributed by atoms with Gasteiger partial charge in [-0.25, -0.2) is 4.98 Å². The van der Waals surface area contributed by atoms with Gasteiger partial charge in [0.15, 0.2) is 10.9 Å². The van der Waals surface area contributed by atoms with Crippen LogP contribution in [-0.2, 0) is 0 Å². The number of anilines is 2. The number of fused-ring (bicyclic) bond motifs is 2. The summed E-state index contributed by atoms with van der Waals surface area (Å²) in [6.45, 7) is 2.01. The molecule has 8 heteroatoms. The van der Waals surface area contributed by atoms with Crippen molar-refractivity contribution >= 4 is 60.8 Å². The van der Waals surface area contributed by atoms with Crippen molar-refractivity contribution in [1.29, 1.82) is 0 Å². The van der Waals surface area contributed by atoms with Crippen molar-refractivity contribution in [3.63, 3.8) is 0 Å². The van der Waals surface area contributed by atoms with Crippen LogP contribution in [0.2, 0.25) is 5.02 Å². The van der Waals surface area contributed by atoms with Crippen LogP contribution in [-0.4, -0.2) is 49.0 Å². The normalized spacial score (nSPS) is 16.8. The Balaban J connectivity index is 1.35. The molecule has 1 aliphatic heterocycles. The van der Waals surface area contributed by atoms with Gasteiger partial charge in [0.1, 0.15) is 5.58 Å². The summed E-state index contributed by atoms with van der Waals surface area (Å²) in [7, 11) is 4.25. The van der Waals surface area contributed by atoms with Crippen LogP contribution in [0.4, 0.5) is 10.8 Å². The van der Waals surface area contributed by atoms with Gasteiger partial charge >= 0.3 is 0 Å². The molecular formula is C22H21ClN4O2S. The van der Waals surface area contributed by atoms with E-state index in [1.54, 1.807) is 35.6 Å². The molecule has 0 radical (unpaired) electrons. The molecular weight excluding hydrogens is 420 g/mol. The van der Waals surface area contributed by atoms with E-state index in [1.165, 1.54) is 0 Å². The molecule has 1 N–H and O–H groups in total. The van der Waals surface area contributed by atoms with Crippen LogP contribution >= 0.6 is 22.9 Å². The SMILES string of the molecule is CN(C)C1CCN(c2nc3ccc(NC(=O)c4cc5cc(Cl)ccc5o4)cc3s2)C1. The molecule has 30 heavy (non-hydrogen) atoms. The van der Waals surface area contributed by atoms with Gasteiger partial charge in [-0.1, -0.05) is 22.9 Å². The third-order valence-corrected chi connectivity index (χ3v) is 6.82. The minimum Gasteiger partial charge on any atom is -0.451 e. The highest BCUT2D eigenvalue weighted by atomic mass is 35.5. The average Bonchev–Trinajstić information content (AvgIpc) is 3.44. The molecule has 0 bridgehead atoms. The van der Waals surface area contributed by atoms with Crippen molar-refractivity contribution in [2.24, 2.45) is 0 Å². The number of nitrogens with one attached hydrogen (secondary N) is 1. The van der Waals surface area contributed by atoms with Crippen molar-refractivity contribution < 1.29 is 9.21 Å². The van der Waals surface area contributed by atoms with Gasteiger partial charge < -0.3 is 19.5 Å². The smallest absolute Gasteiger partial charge is 0.291 e. The predicted octanol–water partition coefficient (Wildman–Crippen LogP) is 5.09. The number of likely N-dealkylation sites (N-methyl/N-ethyl adjacent to an activating group) is 1. The van der Waals surface area contributed by atoms with Crippen molar-refractivity contribution in [3.8, 4) is 0 Å². The monoisotopic (exact) mass is 440 g/mol. The lowest BCUT2D eigenvalue weighted by Gasteiger charge is -2.19. The fourth-order valence-electron chi connectivity index (χ4n) is 3.78. The zero-order valence-corrected chi connectivity index (χ0v) is 18.3. The lowest BCUT2D eigenvalue weighted by molar-refractivity contribution is 0.0998. The maximum atomic E-state index is 12.7. The third-order valence-electron chi connectivity index (χ3n) is 5.50. The maximum Gasteiger partial charge on any atom is 0.291 e. The highest BCUT2D eigenvalue weighted by Gasteiger charge is 2.26. The van der Waals surface area contributed by atoms with E-state index in [4.69, 9.17) is 21.0 Å². The molecule has 4 aromatic rings. The summed E-state index contributed by atoms with van der Waals surface area (Å²) in [6.07, 6.45) is 1.15. The van der Waals surface area contributed by atoms with E-state index in [0.29, 0.717) is 22.3 Å². The molecule has 1 aliphatic rings. The van der Waals surface area contributed by atoms with Gasteiger partial charge in [0.25, 0.3) is 5.91 Å². The Bertz CT molecular complexity index is 1250. The van der Waals surface area contributed by atoms with Gasteiger partial charge in [0.2, 0.25) is 0 Å². The Morgan fingerprint density at radius 1 is 1.27 bits per heavy atom. The van der Waals surface area contributed by atoms with Gasteiger partial charge in [-0.05, 0) is 63.0 Å². The standard InChI is InChI=1S/C22H21ClN4O2S/c1-26(2)16-7-8-27(12-16)22-25-17-5-4-15(11-20(17)30-22)24-21(28)19-10-13-9-14(23)3-6-18(13)29-19/h3-6,9-11,16H,7-8,12H2,1-2H3,(H,24,28). The highest BCUT2D eigenvalue weighted by molar-refractivity contribution is 7.22. The van der Waals surface area contributed by atoms with E-state index in [0.717, 1.165) is 40.2 Å². The molecule has 0 aliphatic carbocycles. The Kier molecular flexibility index (Phi) is 4.89. The molecule has 2 aromatic heterocycles. The first-order valence-electron chi connectivity index (χ1n) is 9.79. The summed E-state index contributed by atoms with van der Waals surface area (Å²) in [6, 6.07) is 13.3. The Hall–Kier alpha value is -2.61. The summed E-state index contributed by atoms with van der Waals surface area (Å²) >= 11 is 7.67.